The quantitative estimate of drug-likeness (QED) is 0.939. The zero-order valence-corrected chi connectivity index (χ0v) is 12.9. The van der Waals surface area contributed by atoms with E-state index >= 15 is 0 Å². The zero-order valence-electron chi connectivity index (χ0n) is 12.9. The molecule has 6 heteroatoms. The van der Waals surface area contributed by atoms with Crippen LogP contribution in [0.25, 0.3) is 0 Å². The molecule has 0 spiro atoms. The lowest BCUT2D eigenvalue weighted by Crippen LogP contribution is -2.36. The Balaban J connectivity index is 1.83. The third-order valence-electron chi connectivity index (χ3n) is 3.74. The number of aromatic nitrogens is 2. The number of hydrogen-bond acceptors (Lipinski definition) is 4. The van der Waals surface area contributed by atoms with Crippen LogP contribution in [0.2, 0.25) is 0 Å². The molecule has 0 bridgehead atoms. The molecule has 2 heterocycles. The van der Waals surface area contributed by atoms with Gasteiger partial charge in [-0.1, -0.05) is 12.1 Å². The monoisotopic (exact) mass is 300 g/mol. The van der Waals surface area contributed by atoms with Gasteiger partial charge in [0.1, 0.15) is 5.69 Å². The number of rotatable bonds is 3. The largest absolute Gasteiger partial charge is 0.378 e. The van der Waals surface area contributed by atoms with Crippen molar-refractivity contribution in [3.05, 3.63) is 41.7 Å². The van der Waals surface area contributed by atoms with Crippen LogP contribution in [0.15, 0.2) is 30.3 Å². The molecular formula is C16H20N4O2. The van der Waals surface area contributed by atoms with Gasteiger partial charge >= 0.3 is 0 Å². The van der Waals surface area contributed by atoms with Crippen LogP contribution in [-0.4, -0.2) is 42.0 Å². The van der Waals surface area contributed by atoms with Gasteiger partial charge in [0.25, 0.3) is 5.91 Å². The second kappa shape index (κ2) is 6.19. The van der Waals surface area contributed by atoms with E-state index in [-0.39, 0.29) is 5.91 Å². The highest BCUT2D eigenvalue weighted by atomic mass is 16.5. The van der Waals surface area contributed by atoms with Crippen molar-refractivity contribution in [2.75, 3.05) is 36.5 Å². The van der Waals surface area contributed by atoms with Crippen LogP contribution in [0, 0.1) is 6.92 Å². The number of nitrogens with one attached hydrogen (secondary N) is 1. The van der Waals surface area contributed by atoms with Gasteiger partial charge in [-0.2, -0.15) is 5.10 Å². The highest BCUT2D eigenvalue weighted by Gasteiger charge is 2.17. The molecule has 0 aliphatic carbocycles. The molecule has 0 radical (unpaired) electrons. The Morgan fingerprint density at radius 1 is 1.27 bits per heavy atom. The average molecular weight is 300 g/mol. The van der Waals surface area contributed by atoms with E-state index in [1.54, 1.807) is 17.8 Å². The summed E-state index contributed by atoms with van der Waals surface area (Å²) in [5.74, 6) is -0.149. The van der Waals surface area contributed by atoms with Crippen LogP contribution >= 0.6 is 0 Å². The number of carbonyl (C=O) groups excluding carboxylic acids is 1. The summed E-state index contributed by atoms with van der Waals surface area (Å²) < 4.78 is 6.99. The van der Waals surface area contributed by atoms with Crippen molar-refractivity contribution in [1.82, 2.24) is 9.78 Å². The Morgan fingerprint density at radius 3 is 2.68 bits per heavy atom. The zero-order chi connectivity index (χ0) is 15.5. The maximum absolute atomic E-state index is 12.5. The smallest absolute Gasteiger partial charge is 0.273 e. The molecule has 1 fully saturated rings. The number of amides is 1. The minimum atomic E-state index is -0.149. The lowest BCUT2D eigenvalue weighted by Gasteiger charge is -2.30. The van der Waals surface area contributed by atoms with Crippen molar-refractivity contribution in [3.63, 3.8) is 0 Å². The summed E-state index contributed by atoms with van der Waals surface area (Å²) in [6.07, 6.45) is 0. The van der Waals surface area contributed by atoms with Gasteiger partial charge in [0.2, 0.25) is 0 Å². The number of carbonyl (C=O) groups is 1. The van der Waals surface area contributed by atoms with Gasteiger partial charge in [0, 0.05) is 20.1 Å². The summed E-state index contributed by atoms with van der Waals surface area (Å²) in [4.78, 5) is 14.7. The molecule has 116 valence electrons. The van der Waals surface area contributed by atoms with Crippen LogP contribution in [0.3, 0.4) is 0 Å². The molecule has 0 unspecified atom stereocenters. The van der Waals surface area contributed by atoms with E-state index in [0.717, 1.165) is 30.2 Å². The topological polar surface area (TPSA) is 59.4 Å². The van der Waals surface area contributed by atoms with Crippen molar-refractivity contribution >= 4 is 17.3 Å². The minimum Gasteiger partial charge on any atom is -0.378 e. The Hall–Kier alpha value is -2.34. The third-order valence-corrected chi connectivity index (χ3v) is 3.74. The van der Waals surface area contributed by atoms with Crippen LogP contribution in [0.5, 0.6) is 0 Å². The molecular weight excluding hydrogens is 280 g/mol. The molecule has 3 rings (SSSR count). The molecule has 1 saturated heterocycles. The first-order valence-corrected chi connectivity index (χ1v) is 7.39. The van der Waals surface area contributed by atoms with Crippen molar-refractivity contribution < 1.29 is 9.53 Å². The van der Waals surface area contributed by atoms with Crippen LogP contribution in [0.1, 0.15) is 16.2 Å². The van der Waals surface area contributed by atoms with Crippen LogP contribution in [0.4, 0.5) is 11.4 Å². The third kappa shape index (κ3) is 2.96. The highest BCUT2D eigenvalue weighted by molar-refractivity contribution is 6.04. The van der Waals surface area contributed by atoms with E-state index in [1.165, 1.54) is 0 Å². The molecule has 22 heavy (non-hydrogen) atoms. The number of ether oxygens (including phenoxy) is 1. The molecule has 1 amide bonds. The second-order valence-electron chi connectivity index (χ2n) is 5.37. The minimum absolute atomic E-state index is 0.149. The molecule has 2 aromatic rings. The lowest BCUT2D eigenvalue weighted by molar-refractivity contribution is 0.101. The number of hydrogen-bond donors (Lipinski definition) is 1. The lowest BCUT2D eigenvalue weighted by atomic mass is 10.2. The summed E-state index contributed by atoms with van der Waals surface area (Å²) in [5, 5.41) is 7.21. The predicted octanol–water partition coefficient (Wildman–Crippen LogP) is 1.82. The number of anilines is 2. The second-order valence-corrected chi connectivity index (χ2v) is 5.37. The fourth-order valence-electron chi connectivity index (χ4n) is 2.67. The summed E-state index contributed by atoms with van der Waals surface area (Å²) >= 11 is 0. The SMILES string of the molecule is Cc1cc(C(=O)Nc2ccccc2N2CCOCC2)n(C)n1. The maximum atomic E-state index is 12.5. The average Bonchev–Trinajstić information content (AvgIpc) is 2.87. The van der Waals surface area contributed by atoms with E-state index in [4.69, 9.17) is 4.74 Å². The molecule has 1 aliphatic heterocycles. The Bertz CT molecular complexity index is 675. The summed E-state index contributed by atoms with van der Waals surface area (Å²) in [5.41, 5.74) is 3.22. The van der Waals surface area contributed by atoms with E-state index in [2.05, 4.69) is 15.3 Å². The van der Waals surface area contributed by atoms with Gasteiger partial charge in [-0.3, -0.25) is 9.48 Å². The van der Waals surface area contributed by atoms with E-state index in [9.17, 15) is 4.79 Å². The van der Waals surface area contributed by atoms with Crippen molar-refractivity contribution in [3.8, 4) is 0 Å². The van der Waals surface area contributed by atoms with Gasteiger partial charge in [-0.25, -0.2) is 0 Å². The predicted molar refractivity (Wildman–Crippen MR) is 85.4 cm³/mol. The number of benzene rings is 1. The van der Waals surface area contributed by atoms with E-state index < -0.39 is 0 Å². The van der Waals surface area contributed by atoms with Gasteiger partial charge in [0.05, 0.1) is 30.3 Å². The van der Waals surface area contributed by atoms with Gasteiger partial charge in [0.15, 0.2) is 0 Å². The van der Waals surface area contributed by atoms with E-state index in [1.807, 2.05) is 31.2 Å². The fraction of sp³-hybridized carbons (Fsp3) is 0.375. The van der Waals surface area contributed by atoms with Crippen molar-refractivity contribution in [2.24, 2.45) is 7.05 Å². The molecule has 0 saturated carbocycles. The first kappa shape index (κ1) is 14.6. The maximum Gasteiger partial charge on any atom is 0.273 e. The molecule has 1 aromatic carbocycles. The van der Waals surface area contributed by atoms with E-state index in [0.29, 0.717) is 18.9 Å². The molecule has 0 atom stereocenters. The summed E-state index contributed by atoms with van der Waals surface area (Å²) in [7, 11) is 1.77. The van der Waals surface area contributed by atoms with Gasteiger partial charge in [-0.05, 0) is 25.1 Å². The number of para-hydroxylation sites is 2. The normalized spacial score (nSPS) is 14.9. The fourth-order valence-corrected chi connectivity index (χ4v) is 2.67. The van der Waals surface area contributed by atoms with Gasteiger partial charge < -0.3 is 15.0 Å². The molecule has 1 aliphatic rings. The highest BCUT2D eigenvalue weighted by Crippen LogP contribution is 2.26. The molecule has 1 N–H and O–H groups in total. The summed E-state index contributed by atoms with van der Waals surface area (Å²) in [6.45, 7) is 4.96. The van der Waals surface area contributed by atoms with Crippen molar-refractivity contribution in [1.29, 1.82) is 0 Å². The molecule has 6 nitrogen and oxygen atoms in total. The Labute approximate surface area is 129 Å². The molecule has 1 aromatic heterocycles. The number of morpholine rings is 1. The van der Waals surface area contributed by atoms with Crippen molar-refractivity contribution in [2.45, 2.75) is 6.92 Å². The summed E-state index contributed by atoms with van der Waals surface area (Å²) in [6, 6.07) is 9.64. The first-order chi connectivity index (χ1) is 10.6. The Morgan fingerprint density at radius 2 is 2.00 bits per heavy atom. The standard InChI is InChI=1S/C16H20N4O2/c1-12-11-15(19(2)18-12)16(21)17-13-5-3-4-6-14(13)20-7-9-22-10-8-20/h3-6,11H,7-10H2,1-2H3,(H,17,21). The number of aryl methyl sites for hydroxylation is 2. The van der Waals surface area contributed by atoms with Gasteiger partial charge in [-0.15, -0.1) is 0 Å². The first-order valence-electron chi connectivity index (χ1n) is 7.39. The Kier molecular flexibility index (Phi) is 4.11. The number of nitrogens with zero attached hydrogens (tertiary/aromatic N) is 3. The van der Waals surface area contributed by atoms with Crippen LogP contribution in [-0.2, 0) is 11.8 Å². The van der Waals surface area contributed by atoms with Crippen LogP contribution < -0.4 is 10.2 Å².